The molecule has 1 aromatic heterocycles. The van der Waals surface area contributed by atoms with Crippen molar-refractivity contribution in [2.45, 2.75) is 48.9 Å². The van der Waals surface area contributed by atoms with E-state index in [-0.39, 0.29) is 34.1 Å². The quantitative estimate of drug-likeness (QED) is 0.239. The maximum absolute atomic E-state index is 14.1. The highest BCUT2D eigenvalue weighted by atomic mass is 32.2. The van der Waals surface area contributed by atoms with Crippen LogP contribution in [0.3, 0.4) is 0 Å². The van der Waals surface area contributed by atoms with E-state index in [1.165, 1.54) is 28.8 Å². The molecule has 0 bridgehead atoms. The number of nitro benzene ring substituents is 1. The zero-order valence-corrected chi connectivity index (χ0v) is 25.5. The summed E-state index contributed by atoms with van der Waals surface area (Å²) in [5.74, 6) is -2.49. The molecule has 3 aromatic rings. The van der Waals surface area contributed by atoms with E-state index < -0.39 is 33.8 Å². The number of hydrogen-bond donors (Lipinski definition) is 0. The third-order valence-corrected chi connectivity index (χ3v) is 10.8. The molecule has 3 amide bonds. The monoisotopic (exact) mass is 622 g/mol. The molecule has 3 unspecified atom stereocenters. The molecule has 4 heterocycles. The van der Waals surface area contributed by atoms with E-state index in [4.69, 9.17) is 4.74 Å². The second-order valence-corrected chi connectivity index (χ2v) is 13.9. The summed E-state index contributed by atoms with van der Waals surface area (Å²) < 4.78 is 6.79. The number of benzene rings is 2. The van der Waals surface area contributed by atoms with Crippen molar-refractivity contribution in [2.24, 2.45) is 5.92 Å². The van der Waals surface area contributed by atoms with Crippen LogP contribution < -0.4 is 9.77 Å². The molecule has 3 aliphatic rings. The van der Waals surface area contributed by atoms with Crippen LogP contribution >= 0.6 is 23.1 Å². The molecule has 0 N–H and O–H groups in total. The van der Waals surface area contributed by atoms with Crippen LogP contribution in [0.2, 0.25) is 0 Å². The number of hydrogen-bond acceptors (Lipinski definition) is 9. The van der Waals surface area contributed by atoms with Crippen LogP contribution in [-0.4, -0.2) is 63.7 Å². The molecule has 0 radical (unpaired) electrons. The minimum atomic E-state index is -0.846. The first-order valence-electron chi connectivity index (χ1n) is 13.9. The minimum absolute atomic E-state index is 0.103. The molecule has 13 heteroatoms. The molecule has 2 fully saturated rings. The fourth-order valence-corrected chi connectivity index (χ4v) is 8.60. The van der Waals surface area contributed by atoms with E-state index >= 15 is 0 Å². The van der Waals surface area contributed by atoms with Crippen molar-refractivity contribution in [1.82, 2.24) is 9.47 Å². The average Bonchev–Trinajstić information content (AvgIpc) is 3.43. The summed E-state index contributed by atoms with van der Waals surface area (Å²) in [5.41, 5.74) is 1.89. The Kier molecular flexibility index (Phi) is 7.51. The number of anilines is 1. The first-order valence-corrected chi connectivity index (χ1v) is 15.6. The zero-order chi connectivity index (χ0) is 30.6. The molecule has 3 atom stereocenters. The number of nitro groups is 1. The molecule has 0 saturated carbocycles. The number of nitrogens with zero attached hydrogens (tertiary/aromatic N) is 4. The molecular weight excluding hydrogens is 592 g/mol. The topological polar surface area (TPSA) is 132 Å². The Labute approximate surface area is 255 Å². The van der Waals surface area contributed by atoms with Gasteiger partial charge in [0.1, 0.15) is 11.8 Å². The highest BCUT2D eigenvalue weighted by Gasteiger charge is 2.57. The van der Waals surface area contributed by atoms with Crippen molar-refractivity contribution in [3.05, 3.63) is 84.3 Å². The Morgan fingerprint density at radius 1 is 1.00 bits per heavy atom. The third kappa shape index (κ3) is 5.19. The normalized spacial score (nSPS) is 22.0. The van der Waals surface area contributed by atoms with Gasteiger partial charge in [-0.15, -0.1) is 0 Å². The van der Waals surface area contributed by atoms with Crippen LogP contribution in [0.5, 0.6) is 0 Å². The number of imide groups is 1. The number of amides is 3. The van der Waals surface area contributed by atoms with E-state index in [1.807, 2.05) is 24.3 Å². The second kappa shape index (κ2) is 11.0. The number of morpholine rings is 1. The number of non-ortho nitro benzene ring substituents is 1. The number of thiazole rings is 1. The Balaban J connectivity index is 1.43. The van der Waals surface area contributed by atoms with Crippen molar-refractivity contribution in [3.63, 3.8) is 0 Å². The lowest BCUT2D eigenvalue weighted by Gasteiger charge is -2.31. The molecule has 224 valence electrons. The SMILES string of the molecule is CC(C)(C)c1ccc(C2c3sc(=O)n(CC(=O)N4CCOCC4)c3SC3C(=O)N(c4ccc([N+](=O)[O-])cc4)C(=O)C32)cc1. The predicted octanol–water partition coefficient (Wildman–Crippen LogP) is 3.77. The first kappa shape index (κ1) is 29.3. The summed E-state index contributed by atoms with van der Waals surface area (Å²) in [4.78, 5) is 68.3. The van der Waals surface area contributed by atoms with E-state index in [1.54, 1.807) is 4.90 Å². The number of carbonyl (C=O) groups excluding carboxylic acids is 3. The molecule has 3 aliphatic heterocycles. The van der Waals surface area contributed by atoms with E-state index in [2.05, 4.69) is 20.8 Å². The van der Waals surface area contributed by atoms with Crippen molar-refractivity contribution in [2.75, 3.05) is 31.2 Å². The van der Waals surface area contributed by atoms with E-state index in [9.17, 15) is 29.3 Å². The Bertz CT molecular complexity index is 1670. The van der Waals surface area contributed by atoms with Gasteiger partial charge in [0, 0.05) is 36.0 Å². The van der Waals surface area contributed by atoms with Gasteiger partial charge in [-0.1, -0.05) is 68.1 Å². The van der Waals surface area contributed by atoms with Crippen LogP contribution in [0.25, 0.3) is 0 Å². The van der Waals surface area contributed by atoms with Gasteiger partial charge in [-0.05, 0) is 28.7 Å². The molecule has 2 saturated heterocycles. The summed E-state index contributed by atoms with van der Waals surface area (Å²) in [5, 5.41) is 10.9. The first-order chi connectivity index (χ1) is 20.5. The number of aromatic nitrogens is 1. The molecule has 11 nitrogen and oxygen atoms in total. The number of ether oxygens (including phenoxy) is 1. The summed E-state index contributed by atoms with van der Waals surface area (Å²) in [6.07, 6.45) is 0. The molecular formula is C30H30N4O7S2. The van der Waals surface area contributed by atoms with Gasteiger partial charge in [-0.2, -0.15) is 0 Å². The summed E-state index contributed by atoms with van der Waals surface area (Å²) in [6.45, 7) is 7.89. The van der Waals surface area contributed by atoms with Gasteiger partial charge < -0.3 is 9.64 Å². The Morgan fingerprint density at radius 3 is 2.26 bits per heavy atom. The lowest BCUT2D eigenvalue weighted by molar-refractivity contribution is -0.384. The number of thioether (sulfide) groups is 1. The lowest BCUT2D eigenvalue weighted by Crippen LogP contribution is -2.43. The standard InChI is InChI=1S/C30H30N4O7S2/c1-30(2,3)18-6-4-17(5-7-18)22-23-24(27(37)33(26(23)36)19-8-10-20(11-9-19)34(39)40)42-28-25(22)43-29(38)32(28)16-21(35)31-12-14-41-15-13-31/h4-11,22-24H,12-16H2,1-3H3. The van der Waals surface area contributed by atoms with Crippen molar-refractivity contribution >= 4 is 52.2 Å². The van der Waals surface area contributed by atoms with Crippen molar-refractivity contribution in [3.8, 4) is 0 Å². The number of carbonyl (C=O) groups is 3. The number of rotatable bonds is 5. The van der Waals surface area contributed by atoms with Crippen molar-refractivity contribution < 1.29 is 24.0 Å². The van der Waals surface area contributed by atoms with Gasteiger partial charge in [0.25, 0.3) is 5.69 Å². The minimum Gasteiger partial charge on any atom is -0.378 e. The predicted molar refractivity (Wildman–Crippen MR) is 162 cm³/mol. The van der Waals surface area contributed by atoms with Gasteiger partial charge in [0.2, 0.25) is 17.7 Å². The molecule has 0 spiro atoms. The van der Waals surface area contributed by atoms with Gasteiger partial charge in [-0.3, -0.25) is 33.9 Å². The Morgan fingerprint density at radius 2 is 1.65 bits per heavy atom. The fraction of sp³-hybridized carbons (Fsp3) is 0.400. The maximum atomic E-state index is 14.1. The second-order valence-electron chi connectivity index (χ2n) is 11.8. The maximum Gasteiger partial charge on any atom is 0.308 e. The highest BCUT2D eigenvalue weighted by molar-refractivity contribution is 8.00. The fourth-order valence-electron chi connectivity index (χ4n) is 5.83. The van der Waals surface area contributed by atoms with Gasteiger partial charge in [0.05, 0.1) is 34.8 Å². The smallest absolute Gasteiger partial charge is 0.308 e. The van der Waals surface area contributed by atoms with E-state index in [0.717, 1.165) is 39.1 Å². The van der Waals surface area contributed by atoms with Gasteiger partial charge in [-0.25, -0.2) is 4.90 Å². The van der Waals surface area contributed by atoms with Crippen LogP contribution in [-0.2, 0) is 31.1 Å². The van der Waals surface area contributed by atoms with Crippen LogP contribution in [0.15, 0.2) is 58.4 Å². The average molecular weight is 623 g/mol. The van der Waals surface area contributed by atoms with Crippen molar-refractivity contribution in [1.29, 1.82) is 0 Å². The third-order valence-electron chi connectivity index (χ3n) is 8.16. The van der Waals surface area contributed by atoms with E-state index in [0.29, 0.717) is 36.2 Å². The van der Waals surface area contributed by atoms with Crippen LogP contribution in [0, 0.1) is 16.0 Å². The molecule has 2 aromatic carbocycles. The largest absolute Gasteiger partial charge is 0.378 e. The molecule has 43 heavy (non-hydrogen) atoms. The highest BCUT2D eigenvalue weighted by Crippen LogP contribution is 2.54. The summed E-state index contributed by atoms with van der Waals surface area (Å²) in [6, 6.07) is 13.2. The van der Waals surface area contributed by atoms with Gasteiger partial charge in [0.15, 0.2) is 0 Å². The van der Waals surface area contributed by atoms with Gasteiger partial charge >= 0.3 is 4.87 Å². The van der Waals surface area contributed by atoms with Crippen LogP contribution in [0.1, 0.15) is 42.7 Å². The lowest BCUT2D eigenvalue weighted by atomic mass is 9.81. The summed E-state index contributed by atoms with van der Waals surface area (Å²) in [7, 11) is 0. The Hall–Kier alpha value is -3.81. The number of fused-ring (bicyclic) bond motifs is 2. The summed E-state index contributed by atoms with van der Waals surface area (Å²) >= 11 is 2.15. The zero-order valence-electron chi connectivity index (χ0n) is 23.8. The van der Waals surface area contributed by atoms with Crippen LogP contribution in [0.4, 0.5) is 11.4 Å². The molecule has 0 aliphatic carbocycles. The molecule has 6 rings (SSSR count).